The Balaban J connectivity index is 1.69. The first-order chi connectivity index (χ1) is 11.8. The fourth-order valence-electron chi connectivity index (χ4n) is 2.15. The molecule has 0 aliphatic heterocycles. The van der Waals surface area contributed by atoms with E-state index in [0.29, 0.717) is 36.9 Å². The van der Waals surface area contributed by atoms with Crippen LogP contribution in [0.4, 0.5) is 17.6 Å². The van der Waals surface area contributed by atoms with Crippen molar-refractivity contribution in [3.8, 4) is 0 Å². The molecule has 9 heteroatoms. The van der Waals surface area contributed by atoms with E-state index in [2.05, 4.69) is 15.7 Å². The molecule has 0 atom stereocenters. The largest absolute Gasteiger partial charge is 0.435 e. The Labute approximate surface area is 148 Å². The van der Waals surface area contributed by atoms with Crippen molar-refractivity contribution in [2.24, 2.45) is 0 Å². The Kier molecular flexibility index (Phi) is 6.35. The fourth-order valence-corrected chi connectivity index (χ4v) is 2.33. The summed E-state index contributed by atoms with van der Waals surface area (Å²) in [6.45, 7) is 2.90. The summed E-state index contributed by atoms with van der Waals surface area (Å²) in [4.78, 5) is 0. The standard InChI is InChI=1S/C16H18F4N4S/c1-11-9-14(16(18,19)20)23-24(11)8-2-7-21-15(25)22-10-12-3-5-13(17)6-4-12/h3-6,9H,2,7-8,10H2,1H3,(H2,21,22,25). The second-order valence-electron chi connectivity index (χ2n) is 5.48. The Morgan fingerprint density at radius 2 is 1.88 bits per heavy atom. The quantitative estimate of drug-likeness (QED) is 0.462. The van der Waals surface area contributed by atoms with Gasteiger partial charge in [-0.25, -0.2) is 4.39 Å². The first-order valence-electron chi connectivity index (χ1n) is 7.63. The summed E-state index contributed by atoms with van der Waals surface area (Å²) in [5.41, 5.74) is 0.469. The van der Waals surface area contributed by atoms with Crippen LogP contribution in [0.2, 0.25) is 0 Å². The number of aromatic nitrogens is 2. The highest BCUT2D eigenvalue weighted by atomic mass is 32.1. The molecule has 0 unspecified atom stereocenters. The summed E-state index contributed by atoms with van der Waals surface area (Å²) in [5.74, 6) is -0.299. The van der Waals surface area contributed by atoms with Crippen molar-refractivity contribution in [1.82, 2.24) is 20.4 Å². The Morgan fingerprint density at radius 3 is 2.48 bits per heavy atom. The topological polar surface area (TPSA) is 41.9 Å². The van der Waals surface area contributed by atoms with Crippen LogP contribution in [0.25, 0.3) is 0 Å². The van der Waals surface area contributed by atoms with Gasteiger partial charge in [0.1, 0.15) is 5.82 Å². The molecule has 0 amide bonds. The first kappa shape index (κ1) is 19.2. The smallest absolute Gasteiger partial charge is 0.363 e. The van der Waals surface area contributed by atoms with Gasteiger partial charge in [0.15, 0.2) is 10.8 Å². The molecule has 136 valence electrons. The summed E-state index contributed by atoms with van der Waals surface area (Å²) in [6.07, 6.45) is -3.86. The van der Waals surface area contributed by atoms with Gasteiger partial charge in [-0.05, 0) is 49.3 Å². The molecule has 2 aromatic rings. The molecular weight excluding hydrogens is 356 g/mol. The van der Waals surface area contributed by atoms with E-state index in [1.54, 1.807) is 19.1 Å². The van der Waals surface area contributed by atoms with Gasteiger partial charge in [0.2, 0.25) is 0 Å². The maximum absolute atomic E-state index is 12.8. The number of halogens is 4. The molecule has 0 saturated carbocycles. The van der Waals surface area contributed by atoms with E-state index in [1.807, 2.05) is 0 Å². The molecule has 1 aromatic carbocycles. The predicted octanol–water partition coefficient (Wildman–Crippen LogP) is 3.40. The van der Waals surface area contributed by atoms with Gasteiger partial charge in [0, 0.05) is 25.3 Å². The molecule has 0 aliphatic carbocycles. The third-order valence-corrected chi connectivity index (χ3v) is 3.76. The number of alkyl halides is 3. The highest BCUT2D eigenvalue weighted by Gasteiger charge is 2.34. The van der Waals surface area contributed by atoms with Crippen LogP contribution < -0.4 is 10.6 Å². The van der Waals surface area contributed by atoms with Crippen LogP contribution in [0.15, 0.2) is 30.3 Å². The molecule has 0 radical (unpaired) electrons. The normalized spacial score (nSPS) is 11.4. The molecule has 1 heterocycles. The van der Waals surface area contributed by atoms with Crippen LogP contribution in [0, 0.1) is 12.7 Å². The lowest BCUT2D eigenvalue weighted by molar-refractivity contribution is -0.141. The lowest BCUT2D eigenvalue weighted by atomic mass is 10.2. The minimum absolute atomic E-state index is 0.299. The first-order valence-corrected chi connectivity index (χ1v) is 8.04. The number of nitrogens with one attached hydrogen (secondary N) is 2. The third kappa shape index (κ3) is 6.00. The number of hydrogen-bond acceptors (Lipinski definition) is 2. The number of rotatable bonds is 6. The monoisotopic (exact) mass is 374 g/mol. The van der Waals surface area contributed by atoms with E-state index in [9.17, 15) is 17.6 Å². The minimum Gasteiger partial charge on any atom is -0.363 e. The zero-order chi connectivity index (χ0) is 18.4. The van der Waals surface area contributed by atoms with Crippen molar-refractivity contribution >= 4 is 17.3 Å². The molecule has 0 aliphatic rings. The number of hydrogen-bond donors (Lipinski definition) is 2. The van der Waals surface area contributed by atoms with Crippen molar-refractivity contribution in [3.63, 3.8) is 0 Å². The van der Waals surface area contributed by atoms with Crippen molar-refractivity contribution in [1.29, 1.82) is 0 Å². The Hall–Kier alpha value is -2.16. The third-order valence-electron chi connectivity index (χ3n) is 3.47. The lowest BCUT2D eigenvalue weighted by Gasteiger charge is -2.11. The van der Waals surface area contributed by atoms with E-state index < -0.39 is 11.9 Å². The zero-order valence-corrected chi connectivity index (χ0v) is 14.3. The second kappa shape index (κ2) is 8.28. The van der Waals surface area contributed by atoms with Gasteiger partial charge in [0.05, 0.1) is 0 Å². The van der Waals surface area contributed by atoms with Gasteiger partial charge >= 0.3 is 6.18 Å². The number of benzene rings is 1. The van der Waals surface area contributed by atoms with E-state index in [0.717, 1.165) is 11.6 Å². The predicted molar refractivity (Wildman–Crippen MR) is 90.4 cm³/mol. The molecule has 0 fully saturated rings. The van der Waals surface area contributed by atoms with Crippen molar-refractivity contribution in [2.45, 2.75) is 32.6 Å². The zero-order valence-electron chi connectivity index (χ0n) is 13.5. The molecule has 0 bridgehead atoms. The number of aryl methyl sites for hydroxylation is 2. The van der Waals surface area contributed by atoms with Gasteiger partial charge in [-0.2, -0.15) is 18.3 Å². The molecule has 25 heavy (non-hydrogen) atoms. The highest BCUT2D eigenvalue weighted by Crippen LogP contribution is 2.28. The Morgan fingerprint density at radius 1 is 1.20 bits per heavy atom. The molecule has 0 spiro atoms. The summed E-state index contributed by atoms with van der Waals surface area (Å²) in [6, 6.07) is 7.08. The van der Waals surface area contributed by atoms with Crippen molar-refractivity contribution < 1.29 is 17.6 Å². The van der Waals surface area contributed by atoms with Crippen LogP contribution in [-0.4, -0.2) is 21.4 Å². The van der Waals surface area contributed by atoms with Gasteiger partial charge in [0.25, 0.3) is 0 Å². The van der Waals surface area contributed by atoms with E-state index in [4.69, 9.17) is 12.2 Å². The number of nitrogens with zero attached hydrogens (tertiary/aromatic N) is 2. The highest BCUT2D eigenvalue weighted by molar-refractivity contribution is 7.80. The maximum Gasteiger partial charge on any atom is 0.435 e. The van der Waals surface area contributed by atoms with Gasteiger partial charge < -0.3 is 10.6 Å². The summed E-state index contributed by atoms with van der Waals surface area (Å²) in [7, 11) is 0. The molecule has 2 rings (SSSR count). The Bertz CT molecular complexity index is 710. The SMILES string of the molecule is Cc1cc(C(F)(F)F)nn1CCCNC(=S)NCc1ccc(F)cc1. The van der Waals surface area contributed by atoms with Crippen molar-refractivity contribution in [2.75, 3.05) is 6.54 Å². The van der Waals surface area contributed by atoms with Crippen LogP contribution in [0.1, 0.15) is 23.4 Å². The van der Waals surface area contributed by atoms with Crippen molar-refractivity contribution in [3.05, 3.63) is 53.1 Å². The van der Waals surface area contributed by atoms with Crippen LogP contribution in [0.3, 0.4) is 0 Å². The van der Waals surface area contributed by atoms with Crippen LogP contribution >= 0.6 is 12.2 Å². The molecule has 0 saturated heterocycles. The molecular formula is C16H18F4N4S. The van der Waals surface area contributed by atoms with Crippen LogP contribution in [0.5, 0.6) is 0 Å². The second-order valence-corrected chi connectivity index (χ2v) is 5.89. The lowest BCUT2D eigenvalue weighted by Crippen LogP contribution is -2.35. The van der Waals surface area contributed by atoms with Crippen LogP contribution in [-0.2, 0) is 19.3 Å². The average molecular weight is 374 g/mol. The molecule has 2 N–H and O–H groups in total. The van der Waals surface area contributed by atoms with E-state index in [1.165, 1.54) is 16.8 Å². The number of thiocarbonyl (C=S) groups is 1. The summed E-state index contributed by atoms with van der Waals surface area (Å²) in [5, 5.41) is 9.95. The fraction of sp³-hybridized carbons (Fsp3) is 0.375. The average Bonchev–Trinajstić information content (AvgIpc) is 2.92. The van der Waals surface area contributed by atoms with Gasteiger partial charge in [-0.15, -0.1) is 0 Å². The maximum atomic E-state index is 12.8. The van der Waals surface area contributed by atoms with E-state index >= 15 is 0 Å². The van der Waals surface area contributed by atoms with Gasteiger partial charge in [-0.1, -0.05) is 12.1 Å². The summed E-state index contributed by atoms with van der Waals surface area (Å²) >= 11 is 5.12. The molecule has 1 aromatic heterocycles. The molecule has 4 nitrogen and oxygen atoms in total. The van der Waals surface area contributed by atoms with E-state index in [-0.39, 0.29) is 5.82 Å². The van der Waals surface area contributed by atoms with Gasteiger partial charge in [-0.3, -0.25) is 4.68 Å². The summed E-state index contributed by atoms with van der Waals surface area (Å²) < 4.78 is 51.9. The minimum atomic E-state index is -4.43.